The van der Waals surface area contributed by atoms with Crippen LogP contribution >= 0.6 is 11.6 Å². The minimum Gasteiger partial charge on any atom is -0.396 e. The molecular formula is C11H8ClN5. The zero-order valence-corrected chi connectivity index (χ0v) is 9.46. The van der Waals surface area contributed by atoms with Crippen LogP contribution in [0.3, 0.4) is 0 Å². The molecule has 0 saturated carbocycles. The molecule has 17 heavy (non-hydrogen) atoms. The zero-order chi connectivity index (χ0) is 11.8. The first-order chi connectivity index (χ1) is 8.22. The summed E-state index contributed by atoms with van der Waals surface area (Å²) in [7, 11) is 0. The number of nitrogens with two attached hydrogens (primary N) is 1. The van der Waals surface area contributed by atoms with Crippen molar-refractivity contribution >= 4 is 23.1 Å². The predicted molar refractivity (Wildman–Crippen MR) is 65.6 cm³/mol. The molecule has 0 bridgehead atoms. The number of aromatic nitrogens is 4. The van der Waals surface area contributed by atoms with Crippen molar-refractivity contribution in [3.63, 3.8) is 0 Å². The van der Waals surface area contributed by atoms with Gasteiger partial charge in [0, 0.05) is 10.6 Å². The van der Waals surface area contributed by atoms with E-state index in [2.05, 4.69) is 15.1 Å². The highest BCUT2D eigenvalue weighted by Crippen LogP contribution is 2.18. The van der Waals surface area contributed by atoms with Crippen LogP contribution in [0.4, 0.5) is 5.69 Å². The van der Waals surface area contributed by atoms with Gasteiger partial charge in [0.25, 0.3) is 5.78 Å². The molecule has 0 aliphatic carbocycles. The van der Waals surface area contributed by atoms with Gasteiger partial charge in [-0.15, -0.1) is 5.10 Å². The molecule has 6 heteroatoms. The van der Waals surface area contributed by atoms with Crippen molar-refractivity contribution in [2.45, 2.75) is 0 Å². The molecule has 0 aliphatic rings. The van der Waals surface area contributed by atoms with Gasteiger partial charge in [0.05, 0.1) is 18.1 Å². The quantitative estimate of drug-likeness (QED) is 0.712. The summed E-state index contributed by atoms with van der Waals surface area (Å²) in [6.45, 7) is 0. The van der Waals surface area contributed by atoms with Gasteiger partial charge < -0.3 is 5.73 Å². The van der Waals surface area contributed by atoms with E-state index in [1.807, 2.05) is 12.1 Å². The highest BCUT2D eigenvalue weighted by Gasteiger charge is 2.06. The van der Waals surface area contributed by atoms with Crippen molar-refractivity contribution in [3.05, 3.63) is 41.7 Å². The van der Waals surface area contributed by atoms with Crippen LogP contribution in [0.15, 0.2) is 36.7 Å². The van der Waals surface area contributed by atoms with Gasteiger partial charge >= 0.3 is 0 Å². The van der Waals surface area contributed by atoms with Crippen molar-refractivity contribution in [1.29, 1.82) is 0 Å². The molecule has 84 valence electrons. The molecule has 0 saturated heterocycles. The Balaban J connectivity index is 2.14. The number of fused-ring (bicyclic) bond motifs is 1. The number of rotatable bonds is 1. The van der Waals surface area contributed by atoms with Crippen LogP contribution in [0.25, 0.3) is 17.2 Å². The van der Waals surface area contributed by atoms with E-state index in [9.17, 15) is 0 Å². The first-order valence-corrected chi connectivity index (χ1v) is 5.34. The van der Waals surface area contributed by atoms with Gasteiger partial charge in [-0.05, 0) is 24.3 Å². The van der Waals surface area contributed by atoms with Crippen LogP contribution in [0.1, 0.15) is 0 Å². The number of benzene rings is 1. The Morgan fingerprint density at radius 2 is 1.94 bits per heavy atom. The van der Waals surface area contributed by atoms with Crippen molar-refractivity contribution in [3.8, 4) is 11.4 Å². The Morgan fingerprint density at radius 3 is 2.71 bits per heavy atom. The number of nitrogen functional groups attached to an aromatic ring is 1. The van der Waals surface area contributed by atoms with E-state index in [0.717, 1.165) is 5.56 Å². The van der Waals surface area contributed by atoms with Gasteiger partial charge in [-0.25, -0.2) is 9.50 Å². The molecule has 0 aliphatic heterocycles. The number of hydrogen-bond donors (Lipinski definition) is 1. The van der Waals surface area contributed by atoms with E-state index in [1.165, 1.54) is 0 Å². The summed E-state index contributed by atoms with van der Waals surface area (Å²) >= 11 is 5.82. The molecule has 0 atom stereocenters. The van der Waals surface area contributed by atoms with E-state index in [4.69, 9.17) is 17.3 Å². The van der Waals surface area contributed by atoms with E-state index in [-0.39, 0.29) is 0 Å². The molecule has 0 fully saturated rings. The highest BCUT2D eigenvalue weighted by atomic mass is 35.5. The Kier molecular flexibility index (Phi) is 2.19. The summed E-state index contributed by atoms with van der Waals surface area (Å²) in [5.74, 6) is 1.11. The van der Waals surface area contributed by atoms with Crippen LogP contribution < -0.4 is 5.73 Å². The maximum absolute atomic E-state index is 5.82. The van der Waals surface area contributed by atoms with Crippen molar-refractivity contribution < 1.29 is 0 Å². The lowest BCUT2D eigenvalue weighted by molar-refractivity contribution is 0.945. The van der Waals surface area contributed by atoms with Crippen LogP contribution in [-0.4, -0.2) is 19.6 Å². The van der Waals surface area contributed by atoms with E-state index < -0.39 is 0 Å². The van der Waals surface area contributed by atoms with Crippen LogP contribution in [0.5, 0.6) is 0 Å². The SMILES string of the molecule is Nc1cnc2nc(-c3ccc(Cl)cc3)nn2c1. The molecule has 3 aromatic rings. The third kappa shape index (κ3) is 1.81. The molecule has 0 spiro atoms. The summed E-state index contributed by atoms with van der Waals surface area (Å²) in [6.07, 6.45) is 3.23. The Hall–Kier alpha value is -2.14. The minimum absolute atomic E-state index is 0.518. The summed E-state index contributed by atoms with van der Waals surface area (Å²) in [5.41, 5.74) is 7.06. The maximum atomic E-state index is 5.82. The zero-order valence-electron chi connectivity index (χ0n) is 8.71. The molecule has 2 aromatic heterocycles. The summed E-state index contributed by atoms with van der Waals surface area (Å²) in [6, 6.07) is 7.32. The first kappa shape index (κ1) is 10.0. The molecule has 0 unspecified atom stereocenters. The average Bonchev–Trinajstić information content (AvgIpc) is 2.72. The first-order valence-electron chi connectivity index (χ1n) is 4.96. The van der Waals surface area contributed by atoms with Gasteiger partial charge in [-0.3, -0.25) is 0 Å². The third-order valence-corrected chi connectivity index (χ3v) is 2.57. The normalized spacial score (nSPS) is 10.9. The van der Waals surface area contributed by atoms with Crippen LogP contribution in [-0.2, 0) is 0 Å². The lowest BCUT2D eigenvalue weighted by Gasteiger charge is -1.93. The summed E-state index contributed by atoms with van der Waals surface area (Å²) in [4.78, 5) is 8.38. The average molecular weight is 246 g/mol. The largest absolute Gasteiger partial charge is 0.396 e. The molecular weight excluding hydrogens is 238 g/mol. The fourth-order valence-corrected chi connectivity index (χ4v) is 1.64. The predicted octanol–water partition coefficient (Wildman–Crippen LogP) is 2.03. The van der Waals surface area contributed by atoms with Crippen molar-refractivity contribution in [1.82, 2.24) is 19.6 Å². The lowest BCUT2D eigenvalue weighted by atomic mass is 10.2. The number of anilines is 1. The maximum Gasteiger partial charge on any atom is 0.252 e. The smallest absolute Gasteiger partial charge is 0.252 e. The molecule has 3 rings (SSSR count). The van der Waals surface area contributed by atoms with Gasteiger partial charge in [0.2, 0.25) is 0 Å². The Morgan fingerprint density at radius 1 is 1.18 bits per heavy atom. The van der Waals surface area contributed by atoms with Gasteiger partial charge in [0.1, 0.15) is 0 Å². The van der Waals surface area contributed by atoms with Crippen LogP contribution in [0.2, 0.25) is 5.02 Å². The molecule has 1 aromatic carbocycles. The number of nitrogens with zero attached hydrogens (tertiary/aromatic N) is 4. The second kappa shape index (κ2) is 3.71. The molecule has 5 nitrogen and oxygen atoms in total. The highest BCUT2D eigenvalue weighted by molar-refractivity contribution is 6.30. The van der Waals surface area contributed by atoms with Gasteiger partial charge in [0.15, 0.2) is 5.82 Å². The van der Waals surface area contributed by atoms with E-state index in [1.54, 1.807) is 29.0 Å². The molecule has 2 heterocycles. The van der Waals surface area contributed by atoms with Gasteiger partial charge in [-0.1, -0.05) is 11.6 Å². The molecule has 0 amide bonds. The molecule has 2 N–H and O–H groups in total. The standard InChI is InChI=1S/C11H8ClN5/c12-8-3-1-7(2-4-8)10-15-11-14-5-9(13)6-17(11)16-10/h1-6H,13H2. The summed E-state index contributed by atoms with van der Waals surface area (Å²) in [5, 5.41) is 4.97. The lowest BCUT2D eigenvalue weighted by Crippen LogP contribution is -1.94. The minimum atomic E-state index is 0.518. The fourth-order valence-electron chi connectivity index (χ4n) is 1.52. The summed E-state index contributed by atoms with van der Waals surface area (Å²) < 4.78 is 1.55. The topological polar surface area (TPSA) is 69.1 Å². The van der Waals surface area contributed by atoms with Crippen molar-refractivity contribution in [2.75, 3.05) is 5.73 Å². The van der Waals surface area contributed by atoms with Crippen LogP contribution in [0, 0.1) is 0 Å². The van der Waals surface area contributed by atoms with Gasteiger partial charge in [-0.2, -0.15) is 4.98 Å². The monoisotopic (exact) mass is 245 g/mol. The third-order valence-electron chi connectivity index (χ3n) is 2.32. The second-order valence-corrected chi connectivity index (χ2v) is 4.01. The van der Waals surface area contributed by atoms with E-state index in [0.29, 0.717) is 22.3 Å². The number of hydrogen-bond acceptors (Lipinski definition) is 4. The Labute approximate surface area is 102 Å². The van der Waals surface area contributed by atoms with Crippen molar-refractivity contribution in [2.24, 2.45) is 0 Å². The second-order valence-electron chi connectivity index (χ2n) is 3.57. The fraction of sp³-hybridized carbons (Fsp3) is 0. The number of halogens is 1. The van der Waals surface area contributed by atoms with E-state index >= 15 is 0 Å². The molecule has 0 radical (unpaired) electrons. The Bertz CT molecular complexity index is 674.